The van der Waals surface area contributed by atoms with Crippen molar-refractivity contribution < 1.29 is 9.53 Å². The fourth-order valence-electron chi connectivity index (χ4n) is 3.87. The Bertz CT molecular complexity index is 908. The molecule has 0 atom stereocenters. The van der Waals surface area contributed by atoms with Crippen LogP contribution in [0.15, 0.2) is 89.8 Å². The molecular weight excluding hydrogens is 414 g/mol. The lowest BCUT2D eigenvalue weighted by Crippen LogP contribution is -2.51. The molecule has 0 bridgehead atoms. The van der Waals surface area contributed by atoms with Crippen molar-refractivity contribution in [3.05, 3.63) is 102 Å². The molecule has 1 saturated heterocycles. The van der Waals surface area contributed by atoms with Gasteiger partial charge in [-0.3, -0.25) is 9.69 Å². The molecule has 0 radical (unpaired) electrons. The lowest BCUT2D eigenvalue weighted by atomic mass is 9.92. The molecule has 1 heterocycles. The van der Waals surface area contributed by atoms with Crippen LogP contribution in [0.5, 0.6) is 0 Å². The second-order valence-electron chi connectivity index (χ2n) is 8.50. The lowest BCUT2D eigenvalue weighted by Gasteiger charge is -2.41. The molecule has 3 nitrogen and oxygen atoms in total. The SMILES string of the molecule is CSc1ccc(CC(C)(C)N2CCOCC2)cc1.O=C(c1ccccc1)c1ccccc1. The van der Waals surface area contributed by atoms with Crippen LogP contribution in [0.25, 0.3) is 0 Å². The summed E-state index contributed by atoms with van der Waals surface area (Å²) < 4.78 is 5.43. The van der Waals surface area contributed by atoms with Gasteiger partial charge in [-0.2, -0.15) is 0 Å². The van der Waals surface area contributed by atoms with E-state index >= 15 is 0 Å². The molecule has 4 rings (SSSR count). The lowest BCUT2D eigenvalue weighted by molar-refractivity contribution is -0.00984. The maximum Gasteiger partial charge on any atom is 0.193 e. The Morgan fingerprint density at radius 1 is 0.844 bits per heavy atom. The molecule has 0 aromatic heterocycles. The van der Waals surface area contributed by atoms with Crippen molar-refractivity contribution in [2.24, 2.45) is 0 Å². The summed E-state index contributed by atoms with van der Waals surface area (Å²) in [6.45, 7) is 8.51. The summed E-state index contributed by atoms with van der Waals surface area (Å²) in [4.78, 5) is 15.7. The molecule has 3 aromatic rings. The first-order valence-corrected chi connectivity index (χ1v) is 12.3. The fraction of sp³-hybridized carbons (Fsp3) is 0.321. The molecule has 0 spiro atoms. The van der Waals surface area contributed by atoms with Gasteiger partial charge in [-0.15, -0.1) is 11.8 Å². The second kappa shape index (κ2) is 12.0. The molecule has 1 aliphatic heterocycles. The van der Waals surface area contributed by atoms with E-state index < -0.39 is 0 Å². The van der Waals surface area contributed by atoms with Crippen LogP contribution in [0.3, 0.4) is 0 Å². The predicted octanol–water partition coefficient (Wildman–Crippen LogP) is 5.98. The number of carbonyl (C=O) groups is 1. The van der Waals surface area contributed by atoms with Crippen molar-refractivity contribution in [2.75, 3.05) is 32.6 Å². The Balaban J connectivity index is 0.000000186. The number of benzene rings is 3. The van der Waals surface area contributed by atoms with E-state index in [-0.39, 0.29) is 11.3 Å². The van der Waals surface area contributed by atoms with Crippen LogP contribution < -0.4 is 0 Å². The third-order valence-corrected chi connectivity index (χ3v) is 6.48. The number of ketones is 1. The monoisotopic (exact) mass is 447 g/mol. The highest BCUT2D eigenvalue weighted by Gasteiger charge is 2.28. The van der Waals surface area contributed by atoms with Gasteiger partial charge < -0.3 is 4.74 Å². The van der Waals surface area contributed by atoms with Gasteiger partial charge in [-0.05, 0) is 44.2 Å². The fourth-order valence-corrected chi connectivity index (χ4v) is 4.28. The highest BCUT2D eigenvalue weighted by molar-refractivity contribution is 7.98. The minimum absolute atomic E-state index is 0.0752. The third-order valence-electron chi connectivity index (χ3n) is 5.73. The normalized spacial score (nSPS) is 14.3. The zero-order chi connectivity index (χ0) is 22.8. The number of carbonyl (C=O) groups excluding carboxylic acids is 1. The van der Waals surface area contributed by atoms with Crippen LogP contribution in [0, 0.1) is 0 Å². The van der Waals surface area contributed by atoms with Crippen molar-refractivity contribution in [3.8, 4) is 0 Å². The highest BCUT2D eigenvalue weighted by Crippen LogP contribution is 2.23. The Morgan fingerprint density at radius 3 is 1.81 bits per heavy atom. The van der Waals surface area contributed by atoms with Gasteiger partial charge in [0.15, 0.2) is 5.78 Å². The Hall–Kier alpha value is -2.40. The molecule has 0 aliphatic carbocycles. The van der Waals surface area contributed by atoms with Crippen LogP contribution >= 0.6 is 11.8 Å². The maximum absolute atomic E-state index is 11.8. The Labute approximate surface area is 196 Å². The van der Waals surface area contributed by atoms with E-state index in [2.05, 4.69) is 49.3 Å². The number of hydrogen-bond acceptors (Lipinski definition) is 4. The topological polar surface area (TPSA) is 29.5 Å². The number of nitrogens with zero attached hydrogens (tertiary/aromatic N) is 1. The van der Waals surface area contributed by atoms with E-state index in [9.17, 15) is 4.79 Å². The predicted molar refractivity (Wildman–Crippen MR) is 135 cm³/mol. The first-order valence-electron chi connectivity index (χ1n) is 11.1. The first kappa shape index (κ1) is 24.2. The summed E-state index contributed by atoms with van der Waals surface area (Å²) in [6.07, 6.45) is 3.22. The van der Waals surface area contributed by atoms with Crippen molar-refractivity contribution >= 4 is 17.5 Å². The average molecular weight is 448 g/mol. The molecule has 1 aliphatic rings. The number of morpholine rings is 1. The Morgan fingerprint density at radius 2 is 1.34 bits per heavy atom. The first-order chi connectivity index (χ1) is 15.5. The molecule has 0 amide bonds. The third kappa shape index (κ3) is 7.06. The molecule has 4 heteroatoms. The van der Waals surface area contributed by atoms with E-state index in [1.807, 2.05) is 60.7 Å². The summed E-state index contributed by atoms with van der Waals surface area (Å²) in [5.74, 6) is 0.0752. The van der Waals surface area contributed by atoms with Crippen molar-refractivity contribution in [1.29, 1.82) is 0 Å². The summed E-state index contributed by atoms with van der Waals surface area (Å²) in [7, 11) is 0. The quantitative estimate of drug-likeness (QED) is 0.343. The number of ether oxygens (including phenoxy) is 1. The van der Waals surface area contributed by atoms with E-state index in [1.54, 1.807) is 11.8 Å². The molecule has 3 aromatic carbocycles. The molecule has 0 saturated carbocycles. The largest absolute Gasteiger partial charge is 0.379 e. The summed E-state index contributed by atoms with van der Waals surface area (Å²) in [6, 6.07) is 27.6. The minimum Gasteiger partial charge on any atom is -0.379 e. The number of thioether (sulfide) groups is 1. The minimum atomic E-state index is 0.0752. The Kier molecular flexibility index (Phi) is 9.10. The van der Waals surface area contributed by atoms with Crippen LogP contribution in [0.2, 0.25) is 0 Å². The van der Waals surface area contributed by atoms with Crippen LogP contribution in [0.1, 0.15) is 35.3 Å². The summed E-state index contributed by atoms with van der Waals surface area (Å²) >= 11 is 1.80. The highest BCUT2D eigenvalue weighted by atomic mass is 32.2. The zero-order valence-corrected chi connectivity index (χ0v) is 20.1. The van der Waals surface area contributed by atoms with Crippen molar-refractivity contribution in [2.45, 2.75) is 30.7 Å². The van der Waals surface area contributed by atoms with Gasteiger partial charge in [0.05, 0.1) is 13.2 Å². The van der Waals surface area contributed by atoms with Gasteiger partial charge in [0.2, 0.25) is 0 Å². The van der Waals surface area contributed by atoms with Gasteiger partial charge >= 0.3 is 0 Å². The van der Waals surface area contributed by atoms with Crippen molar-refractivity contribution in [1.82, 2.24) is 4.90 Å². The molecule has 32 heavy (non-hydrogen) atoms. The van der Waals surface area contributed by atoms with Gasteiger partial charge in [0, 0.05) is 34.7 Å². The van der Waals surface area contributed by atoms with Gasteiger partial charge in [-0.1, -0.05) is 72.8 Å². The van der Waals surface area contributed by atoms with E-state index in [1.165, 1.54) is 10.5 Å². The second-order valence-corrected chi connectivity index (χ2v) is 9.38. The number of hydrogen-bond donors (Lipinski definition) is 0. The van der Waals surface area contributed by atoms with Gasteiger partial charge in [0.1, 0.15) is 0 Å². The van der Waals surface area contributed by atoms with Gasteiger partial charge in [0.25, 0.3) is 0 Å². The van der Waals surface area contributed by atoms with Crippen molar-refractivity contribution in [3.63, 3.8) is 0 Å². The molecule has 0 N–H and O–H groups in total. The zero-order valence-electron chi connectivity index (χ0n) is 19.3. The van der Waals surface area contributed by atoms with E-state index in [0.29, 0.717) is 0 Å². The van der Waals surface area contributed by atoms with Crippen LogP contribution in [0.4, 0.5) is 0 Å². The van der Waals surface area contributed by atoms with Crippen LogP contribution in [-0.2, 0) is 11.2 Å². The standard InChI is InChI=1S/C15H23NOS.C13H10O/c1-15(2,16-8-10-17-11-9-16)12-13-4-6-14(18-3)7-5-13;14-13(11-7-3-1-4-8-11)12-9-5-2-6-10-12/h4-7H,8-12H2,1-3H3;1-10H. The summed E-state index contributed by atoms with van der Waals surface area (Å²) in [5.41, 5.74) is 3.10. The average Bonchev–Trinajstić information content (AvgIpc) is 2.86. The number of rotatable bonds is 6. The molecule has 1 fully saturated rings. The van der Waals surface area contributed by atoms with E-state index in [4.69, 9.17) is 4.74 Å². The molecular formula is C28H33NO2S. The van der Waals surface area contributed by atoms with Crippen LogP contribution in [-0.4, -0.2) is 48.8 Å². The molecule has 0 unspecified atom stereocenters. The van der Waals surface area contributed by atoms with Gasteiger partial charge in [-0.25, -0.2) is 0 Å². The summed E-state index contributed by atoms with van der Waals surface area (Å²) in [5, 5.41) is 0. The maximum atomic E-state index is 11.8. The molecule has 168 valence electrons. The smallest absolute Gasteiger partial charge is 0.193 e. The van der Waals surface area contributed by atoms with E-state index in [0.717, 1.165) is 43.9 Å².